The summed E-state index contributed by atoms with van der Waals surface area (Å²) in [5.41, 5.74) is 5.92. The number of carbonyl (C=O) groups excluding carboxylic acids is 1. The third-order valence-electron chi connectivity index (χ3n) is 2.76. The van der Waals surface area contributed by atoms with Crippen LogP contribution in [0.5, 0.6) is 5.75 Å². The molecule has 0 aliphatic carbocycles. The first-order valence-corrected chi connectivity index (χ1v) is 6.62. The van der Waals surface area contributed by atoms with Crippen LogP contribution in [0.4, 0.5) is 15.8 Å². The number of benzene rings is 2. The van der Waals surface area contributed by atoms with Gasteiger partial charge in [-0.1, -0.05) is 23.7 Å². The number of hydrogen-bond donors (Lipinski definition) is 2. The molecule has 0 fully saturated rings. The molecule has 0 heterocycles. The van der Waals surface area contributed by atoms with Crippen LogP contribution >= 0.6 is 11.6 Å². The van der Waals surface area contributed by atoms with E-state index in [2.05, 4.69) is 5.32 Å². The van der Waals surface area contributed by atoms with Gasteiger partial charge in [0.25, 0.3) is 5.91 Å². The SMILES string of the molecule is CC(Oc1ccccc1Cl)C(=O)Nc1cc(N)ccc1F. The summed E-state index contributed by atoms with van der Waals surface area (Å²) in [6, 6.07) is 10.7. The molecule has 1 amide bonds. The van der Waals surface area contributed by atoms with Gasteiger partial charge in [-0.25, -0.2) is 4.39 Å². The maximum Gasteiger partial charge on any atom is 0.265 e. The van der Waals surface area contributed by atoms with E-state index in [1.807, 2.05) is 0 Å². The molecule has 4 nitrogen and oxygen atoms in total. The van der Waals surface area contributed by atoms with Gasteiger partial charge in [-0.3, -0.25) is 4.79 Å². The lowest BCUT2D eigenvalue weighted by Gasteiger charge is -2.16. The topological polar surface area (TPSA) is 64.3 Å². The number of hydrogen-bond acceptors (Lipinski definition) is 3. The molecule has 0 saturated carbocycles. The second kappa shape index (κ2) is 6.45. The largest absolute Gasteiger partial charge is 0.479 e. The van der Waals surface area contributed by atoms with Crippen molar-refractivity contribution < 1.29 is 13.9 Å². The molecule has 0 aliphatic heterocycles. The van der Waals surface area contributed by atoms with Crippen LogP contribution in [0.25, 0.3) is 0 Å². The molecule has 1 atom stereocenters. The van der Waals surface area contributed by atoms with Gasteiger partial charge in [0.1, 0.15) is 11.6 Å². The summed E-state index contributed by atoms with van der Waals surface area (Å²) in [7, 11) is 0. The number of para-hydroxylation sites is 1. The molecule has 6 heteroatoms. The van der Waals surface area contributed by atoms with Gasteiger partial charge in [-0.2, -0.15) is 0 Å². The molecule has 0 aromatic heterocycles. The fraction of sp³-hybridized carbons (Fsp3) is 0.133. The average molecular weight is 309 g/mol. The van der Waals surface area contributed by atoms with Crippen molar-refractivity contribution in [2.24, 2.45) is 0 Å². The zero-order valence-corrected chi connectivity index (χ0v) is 12.0. The summed E-state index contributed by atoms with van der Waals surface area (Å²) in [5.74, 6) is -0.684. The second-order valence-electron chi connectivity index (χ2n) is 4.42. The normalized spacial score (nSPS) is 11.8. The molecule has 21 heavy (non-hydrogen) atoms. The summed E-state index contributed by atoms with van der Waals surface area (Å²) in [6.07, 6.45) is -0.842. The molecule has 0 aliphatic rings. The molecular formula is C15H14ClFN2O2. The Morgan fingerprint density at radius 1 is 1.33 bits per heavy atom. The van der Waals surface area contributed by atoms with Crippen molar-refractivity contribution in [1.29, 1.82) is 0 Å². The first-order chi connectivity index (χ1) is 9.97. The molecule has 1 unspecified atom stereocenters. The Morgan fingerprint density at radius 2 is 2.05 bits per heavy atom. The molecule has 2 rings (SSSR count). The fourth-order valence-electron chi connectivity index (χ4n) is 1.66. The van der Waals surface area contributed by atoms with Gasteiger partial charge >= 0.3 is 0 Å². The maximum absolute atomic E-state index is 13.6. The standard InChI is InChI=1S/C15H14ClFN2O2/c1-9(21-14-5-3-2-4-11(14)16)15(20)19-13-8-10(18)6-7-12(13)17/h2-9H,18H2,1H3,(H,19,20). The van der Waals surface area contributed by atoms with Gasteiger partial charge in [0, 0.05) is 5.69 Å². The Hall–Kier alpha value is -2.27. The van der Waals surface area contributed by atoms with Gasteiger partial charge in [-0.05, 0) is 37.3 Å². The van der Waals surface area contributed by atoms with E-state index in [1.165, 1.54) is 18.2 Å². The van der Waals surface area contributed by atoms with Crippen molar-refractivity contribution in [2.75, 3.05) is 11.1 Å². The van der Waals surface area contributed by atoms with Crippen molar-refractivity contribution in [3.63, 3.8) is 0 Å². The number of nitrogens with two attached hydrogens (primary N) is 1. The predicted molar refractivity (Wildman–Crippen MR) is 81.0 cm³/mol. The first-order valence-electron chi connectivity index (χ1n) is 6.24. The minimum Gasteiger partial charge on any atom is -0.479 e. The molecule has 0 spiro atoms. The highest BCUT2D eigenvalue weighted by Crippen LogP contribution is 2.24. The average Bonchev–Trinajstić information content (AvgIpc) is 2.45. The summed E-state index contributed by atoms with van der Waals surface area (Å²) in [4.78, 5) is 12.0. The van der Waals surface area contributed by atoms with Gasteiger partial charge in [0.15, 0.2) is 6.10 Å². The minimum atomic E-state index is -0.842. The van der Waals surface area contributed by atoms with Crippen LogP contribution in [0.3, 0.4) is 0 Å². The van der Waals surface area contributed by atoms with Crippen LogP contribution in [-0.4, -0.2) is 12.0 Å². The molecule has 3 N–H and O–H groups in total. The van der Waals surface area contributed by atoms with Gasteiger partial charge in [-0.15, -0.1) is 0 Å². The lowest BCUT2D eigenvalue weighted by atomic mass is 10.2. The zero-order valence-electron chi connectivity index (χ0n) is 11.3. The van der Waals surface area contributed by atoms with Crippen LogP contribution in [0.15, 0.2) is 42.5 Å². The van der Waals surface area contributed by atoms with E-state index in [1.54, 1.807) is 31.2 Å². The van der Waals surface area contributed by atoms with E-state index in [4.69, 9.17) is 22.1 Å². The Kier molecular flexibility index (Phi) is 4.65. The van der Waals surface area contributed by atoms with Gasteiger partial charge in [0.05, 0.1) is 10.7 Å². The van der Waals surface area contributed by atoms with E-state index in [0.29, 0.717) is 16.5 Å². The van der Waals surface area contributed by atoms with Gasteiger partial charge < -0.3 is 15.8 Å². The van der Waals surface area contributed by atoms with E-state index in [-0.39, 0.29) is 5.69 Å². The quantitative estimate of drug-likeness (QED) is 0.850. The van der Waals surface area contributed by atoms with E-state index in [0.717, 1.165) is 0 Å². The number of carbonyl (C=O) groups is 1. The van der Waals surface area contributed by atoms with Crippen LogP contribution in [0.2, 0.25) is 5.02 Å². The number of ether oxygens (including phenoxy) is 1. The number of nitrogens with one attached hydrogen (secondary N) is 1. The van der Waals surface area contributed by atoms with Crippen LogP contribution in [-0.2, 0) is 4.79 Å². The first kappa shape index (κ1) is 15.1. The monoisotopic (exact) mass is 308 g/mol. The van der Waals surface area contributed by atoms with Crippen LogP contribution in [0.1, 0.15) is 6.92 Å². The van der Waals surface area contributed by atoms with Crippen molar-refractivity contribution in [3.8, 4) is 5.75 Å². The van der Waals surface area contributed by atoms with E-state index >= 15 is 0 Å². The number of nitrogen functional groups attached to an aromatic ring is 1. The zero-order chi connectivity index (χ0) is 15.4. The highest BCUT2D eigenvalue weighted by Gasteiger charge is 2.17. The number of anilines is 2. The lowest BCUT2D eigenvalue weighted by Crippen LogP contribution is -2.30. The highest BCUT2D eigenvalue weighted by atomic mass is 35.5. The summed E-state index contributed by atoms with van der Waals surface area (Å²) in [6.45, 7) is 1.54. The molecule has 0 bridgehead atoms. The van der Waals surface area contributed by atoms with Crippen molar-refractivity contribution in [2.45, 2.75) is 13.0 Å². The third kappa shape index (κ3) is 3.86. The second-order valence-corrected chi connectivity index (χ2v) is 4.83. The molecular weight excluding hydrogens is 295 g/mol. The van der Waals surface area contributed by atoms with Crippen molar-refractivity contribution in [3.05, 3.63) is 53.3 Å². The van der Waals surface area contributed by atoms with Gasteiger partial charge in [0.2, 0.25) is 0 Å². The van der Waals surface area contributed by atoms with Crippen LogP contribution in [0, 0.1) is 5.82 Å². The number of amides is 1. The van der Waals surface area contributed by atoms with Crippen molar-refractivity contribution >= 4 is 28.9 Å². The predicted octanol–water partition coefficient (Wildman–Crippen LogP) is 3.47. The third-order valence-corrected chi connectivity index (χ3v) is 3.07. The minimum absolute atomic E-state index is 0.00890. The maximum atomic E-state index is 13.6. The number of rotatable bonds is 4. The molecule has 0 radical (unpaired) electrons. The highest BCUT2D eigenvalue weighted by molar-refractivity contribution is 6.32. The molecule has 110 valence electrons. The van der Waals surface area contributed by atoms with Crippen LogP contribution < -0.4 is 15.8 Å². The Bertz CT molecular complexity index is 664. The summed E-state index contributed by atoms with van der Waals surface area (Å²) < 4.78 is 19.0. The summed E-state index contributed by atoms with van der Waals surface area (Å²) in [5, 5.41) is 2.82. The molecule has 2 aromatic rings. The molecule has 0 saturated heterocycles. The Labute approximate surface area is 126 Å². The Morgan fingerprint density at radius 3 is 2.76 bits per heavy atom. The molecule has 2 aromatic carbocycles. The lowest BCUT2D eigenvalue weighted by molar-refractivity contribution is -0.122. The summed E-state index contributed by atoms with van der Waals surface area (Å²) >= 11 is 5.95. The van der Waals surface area contributed by atoms with E-state index in [9.17, 15) is 9.18 Å². The van der Waals surface area contributed by atoms with E-state index < -0.39 is 17.8 Å². The fourth-order valence-corrected chi connectivity index (χ4v) is 1.84. The Balaban J connectivity index is 2.06. The smallest absolute Gasteiger partial charge is 0.265 e. The number of halogens is 2. The van der Waals surface area contributed by atoms with Crippen molar-refractivity contribution in [1.82, 2.24) is 0 Å².